The summed E-state index contributed by atoms with van der Waals surface area (Å²) < 4.78 is 36.7. The summed E-state index contributed by atoms with van der Waals surface area (Å²) in [6.07, 6.45) is 6.54. The number of ether oxygens (including phenoxy) is 2. The van der Waals surface area contributed by atoms with Crippen molar-refractivity contribution in [2.75, 3.05) is 13.7 Å². The molecule has 0 bridgehead atoms. The molecule has 0 radical (unpaired) electrons. The average Bonchev–Trinajstić information content (AvgIpc) is 2.84. The normalized spacial score (nSPS) is 14.6. The first-order chi connectivity index (χ1) is 17.3. The second kappa shape index (κ2) is 10.5. The number of fused-ring (bicyclic) bond motifs is 1. The first-order valence-electron chi connectivity index (χ1n) is 11.3. The molecule has 186 valence electrons. The molecule has 0 aliphatic heterocycles. The van der Waals surface area contributed by atoms with Gasteiger partial charge in [-0.05, 0) is 47.9 Å². The van der Waals surface area contributed by atoms with Crippen molar-refractivity contribution in [1.82, 2.24) is 20.1 Å². The van der Waals surface area contributed by atoms with Crippen LogP contribution in [-0.2, 0) is 0 Å². The molecule has 2 aromatic heterocycles. The number of alkyl halides is 2. The lowest BCUT2D eigenvalue weighted by Crippen LogP contribution is -2.25. The number of hydrogen-bond donors (Lipinski definition) is 2. The quantitative estimate of drug-likeness (QED) is 0.475. The monoisotopic (exact) mass is 493 g/mol. The molecule has 0 spiro atoms. The van der Waals surface area contributed by atoms with Gasteiger partial charge < -0.3 is 20.2 Å². The Morgan fingerprint density at radius 2 is 1.89 bits per heavy atom. The molecule has 8 nitrogen and oxygen atoms in total. The van der Waals surface area contributed by atoms with Gasteiger partial charge in [-0.3, -0.25) is 4.79 Å². The predicted octanol–water partition coefficient (Wildman–Crippen LogP) is 4.63. The van der Waals surface area contributed by atoms with Gasteiger partial charge in [-0.2, -0.15) is 18.6 Å². The van der Waals surface area contributed by atoms with E-state index in [4.69, 9.17) is 10.1 Å². The molecule has 0 amide bonds. The zero-order valence-corrected chi connectivity index (χ0v) is 20.0. The van der Waals surface area contributed by atoms with Crippen LogP contribution in [0.4, 0.5) is 8.78 Å². The van der Waals surface area contributed by atoms with Crippen LogP contribution in [0, 0.1) is 11.3 Å². The highest BCUT2D eigenvalue weighted by atomic mass is 19.3. The van der Waals surface area contributed by atoms with Crippen LogP contribution in [0.15, 0.2) is 71.2 Å². The van der Waals surface area contributed by atoms with Gasteiger partial charge in [-0.1, -0.05) is 26.0 Å². The van der Waals surface area contributed by atoms with Crippen molar-refractivity contribution in [3.8, 4) is 22.8 Å². The molecule has 3 aromatic rings. The summed E-state index contributed by atoms with van der Waals surface area (Å²) >= 11 is 0. The highest BCUT2D eigenvalue weighted by Crippen LogP contribution is 2.28. The number of hydrogen-bond acceptors (Lipinski definition) is 7. The van der Waals surface area contributed by atoms with E-state index in [0.717, 1.165) is 0 Å². The molecule has 2 N–H and O–H groups in total. The fraction of sp³-hybridized carbons (Fsp3) is 0.231. The van der Waals surface area contributed by atoms with Gasteiger partial charge in [-0.25, -0.2) is 4.98 Å². The molecular weight excluding hydrogens is 468 g/mol. The van der Waals surface area contributed by atoms with Crippen molar-refractivity contribution in [2.24, 2.45) is 5.92 Å². The van der Waals surface area contributed by atoms with Crippen molar-refractivity contribution < 1.29 is 18.3 Å². The van der Waals surface area contributed by atoms with Gasteiger partial charge in [0.15, 0.2) is 0 Å². The fourth-order valence-electron chi connectivity index (χ4n) is 3.59. The molecule has 2 heterocycles. The molecule has 10 heteroatoms. The molecule has 0 fully saturated rings. The minimum atomic E-state index is -2.96. The lowest BCUT2D eigenvalue weighted by Gasteiger charge is -2.16. The minimum absolute atomic E-state index is 0.0281. The van der Waals surface area contributed by atoms with Crippen LogP contribution in [0.3, 0.4) is 0 Å². The van der Waals surface area contributed by atoms with E-state index in [-0.39, 0.29) is 22.9 Å². The predicted molar refractivity (Wildman–Crippen MR) is 134 cm³/mol. The Bertz CT molecular complexity index is 1440. The maximum absolute atomic E-state index is 13.8. The van der Waals surface area contributed by atoms with Gasteiger partial charge in [0.25, 0.3) is 5.56 Å². The number of rotatable bonds is 8. The fourth-order valence-corrected chi connectivity index (χ4v) is 3.59. The van der Waals surface area contributed by atoms with Gasteiger partial charge >= 0.3 is 6.61 Å². The van der Waals surface area contributed by atoms with Crippen molar-refractivity contribution in [3.05, 3.63) is 76.8 Å². The van der Waals surface area contributed by atoms with Crippen LogP contribution >= 0.6 is 0 Å². The summed E-state index contributed by atoms with van der Waals surface area (Å²) in [5, 5.41) is 15.5. The van der Waals surface area contributed by atoms with Crippen LogP contribution in [0.5, 0.6) is 11.6 Å². The Balaban J connectivity index is 1.91. The lowest BCUT2D eigenvalue weighted by molar-refractivity contribution is -0.0498. The Kier molecular flexibility index (Phi) is 7.23. The Morgan fingerprint density at radius 1 is 1.14 bits per heavy atom. The van der Waals surface area contributed by atoms with Crippen LogP contribution in [0.2, 0.25) is 0 Å². The van der Waals surface area contributed by atoms with Gasteiger partial charge in [0, 0.05) is 24.9 Å². The Labute approximate surface area is 206 Å². The zero-order valence-electron chi connectivity index (χ0n) is 20.0. The maximum Gasteiger partial charge on any atom is 0.387 e. The SMILES string of the molecule is CN/C=C1/C=C(n2nc3ccc(OCC(C)C)nc3c(-c3ccc(OC(F)F)cc3)c2=O)C=CC1=N. The molecule has 36 heavy (non-hydrogen) atoms. The van der Waals surface area contributed by atoms with Gasteiger partial charge in [0.1, 0.15) is 16.8 Å². The largest absolute Gasteiger partial charge is 0.477 e. The number of aromatic nitrogens is 3. The number of benzene rings is 1. The van der Waals surface area contributed by atoms with Crippen LogP contribution in [-0.4, -0.2) is 40.7 Å². The molecule has 0 unspecified atom stereocenters. The summed E-state index contributed by atoms with van der Waals surface area (Å²) in [5.41, 5.74) is 2.29. The van der Waals surface area contributed by atoms with E-state index < -0.39 is 12.2 Å². The number of halogens is 2. The second-order valence-corrected chi connectivity index (χ2v) is 8.42. The van der Waals surface area contributed by atoms with Crippen molar-refractivity contribution in [1.29, 1.82) is 5.41 Å². The molecule has 1 aliphatic rings. The molecule has 0 atom stereocenters. The van der Waals surface area contributed by atoms with Crippen molar-refractivity contribution in [3.63, 3.8) is 0 Å². The first-order valence-corrected chi connectivity index (χ1v) is 11.3. The number of pyridine rings is 1. The lowest BCUT2D eigenvalue weighted by atomic mass is 10.0. The number of nitrogens with one attached hydrogen (secondary N) is 2. The molecule has 0 saturated heterocycles. The molecule has 0 saturated carbocycles. The summed E-state index contributed by atoms with van der Waals surface area (Å²) in [5.74, 6) is 0.595. The third-order valence-corrected chi connectivity index (χ3v) is 5.21. The average molecular weight is 494 g/mol. The van der Waals surface area contributed by atoms with Crippen molar-refractivity contribution >= 4 is 22.4 Å². The van der Waals surface area contributed by atoms with E-state index in [1.54, 1.807) is 43.6 Å². The van der Waals surface area contributed by atoms with Gasteiger partial charge in [-0.15, -0.1) is 0 Å². The van der Waals surface area contributed by atoms with E-state index in [1.807, 2.05) is 13.8 Å². The number of nitrogens with zero attached hydrogens (tertiary/aromatic N) is 3. The third kappa shape index (κ3) is 5.32. The summed E-state index contributed by atoms with van der Waals surface area (Å²) in [4.78, 5) is 18.3. The van der Waals surface area contributed by atoms with E-state index in [0.29, 0.717) is 40.4 Å². The third-order valence-electron chi connectivity index (χ3n) is 5.21. The second-order valence-electron chi connectivity index (χ2n) is 8.42. The molecular formula is C26H25F2N5O3. The molecule has 1 aliphatic carbocycles. The van der Waals surface area contributed by atoms with E-state index in [2.05, 4.69) is 20.1 Å². The zero-order chi connectivity index (χ0) is 25.8. The van der Waals surface area contributed by atoms with Crippen LogP contribution in [0.25, 0.3) is 27.9 Å². The first kappa shape index (κ1) is 24.8. The molecule has 1 aromatic carbocycles. The van der Waals surface area contributed by atoms with E-state index >= 15 is 0 Å². The highest BCUT2D eigenvalue weighted by molar-refractivity contribution is 6.12. The summed E-state index contributed by atoms with van der Waals surface area (Å²) in [6.45, 7) is 1.51. The maximum atomic E-state index is 13.8. The van der Waals surface area contributed by atoms with Crippen molar-refractivity contribution in [2.45, 2.75) is 20.5 Å². The van der Waals surface area contributed by atoms with E-state index in [9.17, 15) is 13.6 Å². The van der Waals surface area contributed by atoms with Crippen LogP contribution in [0.1, 0.15) is 13.8 Å². The van der Waals surface area contributed by atoms with E-state index in [1.165, 1.54) is 28.9 Å². The standard InChI is InChI=1S/C26H25F2N5O3/c1-15(2)14-35-22-11-10-21-24(31-22)23(16-4-7-19(8-5-16)36-26(27)28)25(34)33(32-21)18-6-9-20(29)17(12-18)13-30-3/h4-13,15,26,29-30H,14H2,1-3H3/b17-13-,29-20?. The highest BCUT2D eigenvalue weighted by Gasteiger charge is 2.19. The minimum Gasteiger partial charge on any atom is -0.477 e. The Morgan fingerprint density at radius 3 is 2.56 bits per heavy atom. The topological polar surface area (TPSA) is 102 Å². The van der Waals surface area contributed by atoms with Gasteiger partial charge in [0.2, 0.25) is 5.88 Å². The summed E-state index contributed by atoms with van der Waals surface area (Å²) in [7, 11) is 1.72. The Hall–Kier alpha value is -4.34. The number of allylic oxidation sites excluding steroid dienone is 5. The van der Waals surface area contributed by atoms with Gasteiger partial charge in [0.05, 0.1) is 23.6 Å². The smallest absolute Gasteiger partial charge is 0.387 e. The summed E-state index contributed by atoms with van der Waals surface area (Å²) in [6, 6.07) is 9.18. The molecule has 4 rings (SSSR count). The van der Waals surface area contributed by atoms with Crippen LogP contribution < -0.4 is 20.3 Å².